The van der Waals surface area contributed by atoms with E-state index < -0.39 is 10.0 Å². The number of hydrogen-bond acceptors (Lipinski definition) is 7. The minimum atomic E-state index is -3.52. The van der Waals surface area contributed by atoms with Gasteiger partial charge in [0.15, 0.2) is 11.4 Å². The van der Waals surface area contributed by atoms with Crippen LogP contribution in [0.3, 0.4) is 0 Å². The quantitative estimate of drug-likeness (QED) is 0.537. The minimum absolute atomic E-state index is 0.174. The lowest BCUT2D eigenvalue weighted by Gasteiger charge is -2.30. The fraction of sp³-hybridized carbons (Fsp3) is 0.480. The van der Waals surface area contributed by atoms with Crippen molar-refractivity contribution in [2.75, 3.05) is 49.2 Å². The molecule has 1 saturated heterocycles. The molecule has 2 aliphatic rings. The highest BCUT2D eigenvalue weighted by atomic mass is 32.2. The summed E-state index contributed by atoms with van der Waals surface area (Å²) in [6, 6.07) is 10.6. The van der Waals surface area contributed by atoms with Gasteiger partial charge in [-0.1, -0.05) is 36.6 Å². The van der Waals surface area contributed by atoms with Crippen LogP contribution in [0.1, 0.15) is 43.6 Å². The van der Waals surface area contributed by atoms with E-state index in [1.165, 1.54) is 24.9 Å². The molecule has 1 aliphatic heterocycles. The summed E-state index contributed by atoms with van der Waals surface area (Å²) in [6.07, 6.45) is 6.84. The van der Waals surface area contributed by atoms with E-state index in [0.29, 0.717) is 22.6 Å². The van der Waals surface area contributed by atoms with Gasteiger partial charge in [-0.15, -0.1) is 0 Å². The first-order chi connectivity index (χ1) is 16.4. The first-order valence-corrected chi connectivity index (χ1v) is 13.9. The molecular formula is C25H32N4O4S. The number of ether oxygens (including phenoxy) is 1. The highest BCUT2D eigenvalue weighted by molar-refractivity contribution is 7.92. The molecule has 0 amide bonds. The molecule has 3 aromatic rings. The number of rotatable bonds is 6. The third-order valence-corrected chi connectivity index (χ3v) is 7.46. The van der Waals surface area contributed by atoms with Crippen molar-refractivity contribution in [2.45, 2.75) is 38.0 Å². The maximum absolute atomic E-state index is 12.0. The third-order valence-electron chi connectivity index (χ3n) is 6.89. The summed E-state index contributed by atoms with van der Waals surface area (Å²) in [5.41, 5.74) is 4.99. The number of piperazine rings is 1. The molecule has 0 atom stereocenters. The van der Waals surface area contributed by atoms with Crippen LogP contribution in [0.15, 0.2) is 34.9 Å². The van der Waals surface area contributed by atoms with Crippen molar-refractivity contribution in [2.24, 2.45) is 0 Å². The fourth-order valence-electron chi connectivity index (χ4n) is 5.37. The van der Waals surface area contributed by atoms with Crippen LogP contribution in [-0.2, 0) is 10.0 Å². The van der Waals surface area contributed by atoms with Gasteiger partial charge >= 0.3 is 0 Å². The molecule has 182 valence electrons. The monoisotopic (exact) mass is 484 g/mol. The van der Waals surface area contributed by atoms with Crippen LogP contribution in [0.25, 0.3) is 22.1 Å². The normalized spacial score (nSPS) is 17.8. The number of sulfonamides is 1. The standard InChI is InChI=1S/C25H32N4O4S/c1-32-24-22(17-7-4-3-5-8-17)20(16-21-23(24)25(27-33-21)28-34(2,30)31)18-9-6-10-19(15-18)29-13-11-26-12-14-29/h6,9-10,15-17,26H,3-5,7-8,11-14H2,1-2H3,(H,27,28). The van der Waals surface area contributed by atoms with Gasteiger partial charge in [0.1, 0.15) is 11.1 Å². The largest absolute Gasteiger partial charge is 0.496 e. The van der Waals surface area contributed by atoms with Crippen molar-refractivity contribution in [3.8, 4) is 16.9 Å². The molecule has 0 bridgehead atoms. The van der Waals surface area contributed by atoms with Gasteiger partial charge in [-0.05, 0) is 48.1 Å². The number of benzene rings is 2. The minimum Gasteiger partial charge on any atom is -0.496 e. The third kappa shape index (κ3) is 4.59. The molecule has 0 radical (unpaired) electrons. The first kappa shape index (κ1) is 23.0. The van der Waals surface area contributed by atoms with Crippen molar-refractivity contribution in [1.82, 2.24) is 10.5 Å². The lowest BCUT2D eigenvalue weighted by Crippen LogP contribution is -2.43. The van der Waals surface area contributed by atoms with Gasteiger partial charge in [0.2, 0.25) is 10.0 Å². The van der Waals surface area contributed by atoms with E-state index in [4.69, 9.17) is 9.26 Å². The van der Waals surface area contributed by atoms with Gasteiger partial charge < -0.3 is 19.5 Å². The summed E-state index contributed by atoms with van der Waals surface area (Å²) in [5, 5.41) is 8.03. The number of methoxy groups -OCH3 is 1. The predicted octanol–water partition coefficient (Wildman–Crippen LogP) is 4.33. The molecule has 9 heteroatoms. The second-order valence-corrected chi connectivity index (χ2v) is 11.0. The molecule has 2 heterocycles. The SMILES string of the molecule is COc1c(C2CCCCC2)c(-c2cccc(N3CCNCC3)c2)cc2onc(NS(C)(=O)=O)c12. The van der Waals surface area contributed by atoms with E-state index in [1.807, 2.05) is 6.07 Å². The average molecular weight is 485 g/mol. The number of anilines is 2. The molecular weight excluding hydrogens is 452 g/mol. The van der Waals surface area contributed by atoms with Crippen LogP contribution in [-0.4, -0.2) is 53.1 Å². The van der Waals surface area contributed by atoms with Crippen LogP contribution >= 0.6 is 0 Å². The number of fused-ring (bicyclic) bond motifs is 1. The Hall–Kier alpha value is -2.78. The molecule has 2 aromatic carbocycles. The topological polar surface area (TPSA) is 96.7 Å². The van der Waals surface area contributed by atoms with Gasteiger partial charge in [-0.3, -0.25) is 4.72 Å². The zero-order valence-corrected chi connectivity index (χ0v) is 20.6. The van der Waals surface area contributed by atoms with Crippen molar-refractivity contribution in [1.29, 1.82) is 0 Å². The summed E-state index contributed by atoms with van der Waals surface area (Å²) in [5.74, 6) is 1.15. The van der Waals surface area contributed by atoms with E-state index in [9.17, 15) is 8.42 Å². The number of aromatic nitrogens is 1. The van der Waals surface area contributed by atoms with Crippen LogP contribution in [0, 0.1) is 0 Å². The molecule has 1 aromatic heterocycles. The summed E-state index contributed by atoms with van der Waals surface area (Å²) < 4.78 is 38.0. The van der Waals surface area contributed by atoms with Crippen molar-refractivity contribution in [3.63, 3.8) is 0 Å². The highest BCUT2D eigenvalue weighted by Gasteiger charge is 2.29. The number of hydrogen-bond donors (Lipinski definition) is 2. The summed E-state index contributed by atoms with van der Waals surface area (Å²) in [7, 11) is -1.88. The van der Waals surface area contributed by atoms with Crippen molar-refractivity contribution in [3.05, 3.63) is 35.9 Å². The average Bonchev–Trinajstić information content (AvgIpc) is 3.25. The van der Waals surface area contributed by atoms with E-state index in [0.717, 1.165) is 62.0 Å². The van der Waals surface area contributed by atoms with Crippen LogP contribution in [0.5, 0.6) is 5.75 Å². The second-order valence-electron chi connectivity index (χ2n) is 9.27. The molecule has 0 unspecified atom stereocenters. The Balaban J connectivity index is 1.69. The van der Waals surface area contributed by atoms with E-state index in [1.54, 1.807) is 7.11 Å². The zero-order chi connectivity index (χ0) is 23.7. The Morgan fingerprint density at radius 3 is 2.62 bits per heavy atom. The Morgan fingerprint density at radius 2 is 1.91 bits per heavy atom. The Bertz CT molecular complexity index is 1280. The fourth-order valence-corrected chi connectivity index (χ4v) is 5.86. The predicted molar refractivity (Wildman–Crippen MR) is 135 cm³/mol. The Morgan fingerprint density at radius 1 is 1.15 bits per heavy atom. The van der Waals surface area contributed by atoms with E-state index in [2.05, 4.69) is 44.4 Å². The van der Waals surface area contributed by atoms with Gasteiger partial charge in [0.25, 0.3) is 0 Å². The molecule has 0 spiro atoms. The van der Waals surface area contributed by atoms with Crippen molar-refractivity contribution < 1.29 is 17.7 Å². The molecule has 2 fully saturated rings. The Kier molecular flexibility index (Phi) is 6.40. The molecule has 34 heavy (non-hydrogen) atoms. The lowest BCUT2D eigenvalue weighted by atomic mass is 9.79. The van der Waals surface area contributed by atoms with Crippen LogP contribution in [0.4, 0.5) is 11.5 Å². The molecule has 8 nitrogen and oxygen atoms in total. The smallest absolute Gasteiger partial charge is 0.231 e. The summed E-state index contributed by atoms with van der Waals surface area (Å²) in [6.45, 7) is 3.91. The summed E-state index contributed by atoms with van der Waals surface area (Å²) >= 11 is 0. The zero-order valence-electron chi connectivity index (χ0n) is 19.8. The first-order valence-electron chi connectivity index (χ1n) is 12.0. The molecule has 2 N–H and O–H groups in total. The maximum Gasteiger partial charge on any atom is 0.231 e. The van der Waals surface area contributed by atoms with E-state index >= 15 is 0 Å². The molecule has 5 rings (SSSR count). The van der Waals surface area contributed by atoms with Gasteiger partial charge in [-0.2, -0.15) is 0 Å². The second kappa shape index (κ2) is 9.46. The van der Waals surface area contributed by atoms with E-state index in [-0.39, 0.29) is 5.82 Å². The maximum atomic E-state index is 12.0. The summed E-state index contributed by atoms with van der Waals surface area (Å²) in [4.78, 5) is 2.40. The Labute approximate surface area is 200 Å². The van der Waals surface area contributed by atoms with Crippen LogP contribution < -0.4 is 19.7 Å². The lowest BCUT2D eigenvalue weighted by molar-refractivity contribution is 0.391. The van der Waals surface area contributed by atoms with Gasteiger partial charge in [0, 0.05) is 37.4 Å². The highest BCUT2D eigenvalue weighted by Crippen LogP contribution is 2.48. The number of nitrogens with zero attached hydrogens (tertiary/aromatic N) is 2. The molecule has 1 saturated carbocycles. The van der Waals surface area contributed by atoms with Gasteiger partial charge in [0.05, 0.1) is 13.4 Å². The number of nitrogens with one attached hydrogen (secondary N) is 2. The van der Waals surface area contributed by atoms with Crippen LogP contribution in [0.2, 0.25) is 0 Å². The molecule has 1 aliphatic carbocycles. The van der Waals surface area contributed by atoms with Crippen molar-refractivity contribution >= 4 is 32.5 Å². The van der Waals surface area contributed by atoms with Gasteiger partial charge in [-0.25, -0.2) is 8.42 Å².